The number of rotatable bonds is 3. The number of carbonyl (C=O) groups excluding carboxylic acids is 1. The van der Waals surface area contributed by atoms with Gasteiger partial charge in [0.2, 0.25) is 0 Å². The Bertz CT molecular complexity index is 600. The SMILES string of the molecule is CC#CC(=O)Nc1ccc(/N=C/N(C)C)c(C#N)c1. The van der Waals surface area contributed by atoms with Crippen LogP contribution in [0.1, 0.15) is 12.5 Å². The summed E-state index contributed by atoms with van der Waals surface area (Å²) in [5, 5.41) is 11.7. The van der Waals surface area contributed by atoms with E-state index < -0.39 is 5.91 Å². The molecule has 5 nitrogen and oxygen atoms in total. The number of benzene rings is 1. The van der Waals surface area contributed by atoms with Crippen LogP contribution in [0.5, 0.6) is 0 Å². The molecule has 1 amide bonds. The van der Waals surface area contributed by atoms with Gasteiger partial charge >= 0.3 is 0 Å². The third-order valence-electron chi connectivity index (χ3n) is 2.04. The molecule has 0 aliphatic heterocycles. The Kier molecular flexibility index (Phi) is 5.13. The van der Waals surface area contributed by atoms with Gasteiger partial charge in [-0.05, 0) is 31.0 Å². The highest BCUT2D eigenvalue weighted by Gasteiger charge is 2.04. The molecule has 0 atom stereocenters. The van der Waals surface area contributed by atoms with Gasteiger partial charge in [0.05, 0.1) is 17.6 Å². The lowest BCUT2D eigenvalue weighted by atomic mass is 10.1. The summed E-state index contributed by atoms with van der Waals surface area (Å²) < 4.78 is 0. The standard InChI is InChI=1S/C14H14N4O/c1-4-5-14(19)17-12-6-7-13(11(8-12)9-15)16-10-18(2)3/h6-8,10H,1-3H3,(H,17,19)/b16-10+. The van der Waals surface area contributed by atoms with Crippen LogP contribution >= 0.6 is 0 Å². The molecule has 0 aliphatic carbocycles. The Balaban J connectivity index is 2.99. The van der Waals surface area contributed by atoms with Crippen LogP contribution < -0.4 is 5.32 Å². The highest BCUT2D eigenvalue weighted by molar-refractivity contribution is 6.04. The molecule has 0 unspecified atom stereocenters. The molecule has 0 radical (unpaired) electrons. The zero-order chi connectivity index (χ0) is 14.3. The quantitative estimate of drug-likeness (QED) is 0.507. The van der Waals surface area contributed by atoms with Gasteiger partial charge in [-0.25, -0.2) is 4.99 Å². The number of anilines is 1. The van der Waals surface area contributed by atoms with Gasteiger partial charge in [0.15, 0.2) is 0 Å². The molecular formula is C14H14N4O. The molecule has 0 aliphatic rings. The van der Waals surface area contributed by atoms with Crippen molar-refractivity contribution in [3.63, 3.8) is 0 Å². The average Bonchev–Trinajstić information content (AvgIpc) is 2.37. The second kappa shape index (κ2) is 6.83. The molecule has 0 fully saturated rings. The monoisotopic (exact) mass is 254 g/mol. The molecule has 5 heteroatoms. The number of aliphatic imine (C=N–C) groups is 1. The van der Waals surface area contributed by atoms with Crippen molar-refractivity contribution in [2.75, 3.05) is 19.4 Å². The van der Waals surface area contributed by atoms with Crippen LogP contribution in [0.3, 0.4) is 0 Å². The van der Waals surface area contributed by atoms with E-state index in [1.54, 1.807) is 36.4 Å². The van der Waals surface area contributed by atoms with Crippen LogP contribution in [0.2, 0.25) is 0 Å². The maximum atomic E-state index is 11.3. The van der Waals surface area contributed by atoms with E-state index in [-0.39, 0.29) is 0 Å². The lowest BCUT2D eigenvalue weighted by molar-refractivity contribution is -0.111. The van der Waals surface area contributed by atoms with E-state index >= 15 is 0 Å². The van der Waals surface area contributed by atoms with Crippen molar-refractivity contribution in [2.24, 2.45) is 4.99 Å². The number of carbonyl (C=O) groups is 1. The molecule has 0 aromatic heterocycles. The first-order valence-corrected chi connectivity index (χ1v) is 5.55. The molecule has 96 valence electrons. The lowest BCUT2D eigenvalue weighted by Gasteiger charge is -2.05. The van der Waals surface area contributed by atoms with Crippen LogP contribution in [-0.2, 0) is 4.79 Å². The highest BCUT2D eigenvalue weighted by Crippen LogP contribution is 2.22. The lowest BCUT2D eigenvalue weighted by Crippen LogP contribution is -2.08. The van der Waals surface area contributed by atoms with Crippen molar-refractivity contribution >= 4 is 23.6 Å². The Morgan fingerprint density at radius 2 is 2.21 bits per heavy atom. The van der Waals surface area contributed by atoms with Crippen molar-refractivity contribution in [2.45, 2.75) is 6.92 Å². The van der Waals surface area contributed by atoms with E-state index in [2.05, 4.69) is 22.2 Å². The highest BCUT2D eigenvalue weighted by atomic mass is 16.1. The zero-order valence-electron chi connectivity index (χ0n) is 11.1. The maximum Gasteiger partial charge on any atom is 0.300 e. The Morgan fingerprint density at radius 1 is 1.47 bits per heavy atom. The van der Waals surface area contributed by atoms with E-state index in [1.165, 1.54) is 0 Å². The summed E-state index contributed by atoms with van der Waals surface area (Å²) in [7, 11) is 3.68. The molecule has 0 saturated carbocycles. The van der Waals surface area contributed by atoms with Crippen molar-refractivity contribution in [1.82, 2.24) is 4.90 Å². The summed E-state index contributed by atoms with van der Waals surface area (Å²) in [4.78, 5) is 17.3. The molecule has 0 heterocycles. The van der Waals surface area contributed by atoms with Gasteiger partial charge in [0.1, 0.15) is 6.07 Å². The summed E-state index contributed by atoms with van der Waals surface area (Å²) >= 11 is 0. The summed E-state index contributed by atoms with van der Waals surface area (Å²) in [6.45, 7) is 1.58. The van der Waals surface area contributed by atoms with Crippen LogP contribution in [-0.4, -0.2) is 31.2 Å². The zero-order valence-corrected chi connectivity index (χ0v) is 11.1. The summed E-state index contributed by atoms with van der Waals surface area (Å²) in [6, 6.07) is 6.97. The fraction of sp³-hybridized carbons (Fsp3) is 0.214. The molecular weight excluding hydrogens is 240 g/mol. The minimum atomic E-state index is -0.407. The summed E-state index contributed by atoms with van der Waals surface area (Å²) in [6.07, 6.45) is 1.61. The van der Waals surface area contributed by atoms with Crippen molar-refractivity contribution in [3.8, 4) is 17.9 Å². The van der Waals surface area contributed by atoms with E-state index in [9.17, 15) is 4.79 Å². The Morgan fingerprint density at radius 3 is 2.79 bits per heavy atom. The van der Waals surface area contributed by atoms with Gasteiger partial charge in [-0.2, -0.15) is 5.26 Å². The van der Waals surface area contributed by atoms with E-state index in [1.807, 2.05) is 20.2 Å². The summed E-state index contributed by atoms with van der Waals surface area (Å²) in [5.41, 5.74) is 1.46. The van der Waals surface area contributed by atoms with E-state index in [4.69, 9.17) is 5.26 Å². The average molecular weight is 254 g/mol. The first-order chi connectivity index (χ1) is 9.06. The smallest absolute Gasteiger partial charge is 0.300 e. The predicted octanol–water partition coefficient (Wildman–Crippen LogP) is 1.74. The van der Waals surface area contributed by atoms with Crippen LogP contribution in [0.15, 0.2) is 23.2 Å². The van der Waals surface area contributed by atoms with Gasteiger partial charge in [0, 0.05) is 19.8 Å². The number of amides is 1. The molecule has 0 saturated heterocycles. The van der Waals surface area contributed by atoms with E-state index in [0.717, 1.165) is 0 Å². The predicted molar refractivity (Wildman–Crippen MR) is 75.1 cm³/mol. The minimum Gasteiger partial charge on any atom is -0.369 e. The fourth-order valence-corrected chi connectivity index (χ4v) is 1.27. The van der Waals surface area contributed by atoms with Crippen molar-refractivity contribution in [3.05, 3.63) is 23.8 Å². The third kappa shape index (κ3) is 4.53. The minimum absolute atomic E-state index is 0.389. The molecule has 0 spiro atoms. The number of hydrogen-bond donors (Lipinski definition) is 1. The molecule has 0 bridgehead atoms. The molecule has 1 N–H and O–H groups in total. The van der Waals surface area contributed by atoms with Crippen LogP contribution in [0.25, 0.3) is 0 Å². The Hall–Kier alpha value is -2.79. The van der Waals surface area contributed by atoms with Crippen molar-refractivity contribution < 1.29 is 4.79 Å². The van der Waals surface area contributed by atoms with Gasteiger partial charge < -0.3 is 10.2 Å². The topological polar surface area (TPSA) is 68.5 Å². The van der Waals surface area contributed by atoms with Gasteiger partial charge in [-0.1, -0.05) is 5.92 Å². The van der Waals surface area contributed by atoms with Gasteiger partial charge in [0.25, 0.3) is 5.91 Å². The number of nitriles is 1. The normalized spacial score (nSPS) is 9.37. The second-order valence-corrected chi connectivity index (χ2v) is 3.88. The molecule has 1 aromatic carbocycles. The number of nitrogens with one attached hydrogen (secondary N) is 1. The van der Waals surface area contributed by atoms with E-state index in [0.29, 0.717) is 16.9 Å². The summed E-state index contributed by atoms with van der Waals surface area (Å²) in [5.74, 6) is 4.46. The number of nitrogens with zero attached hydrogens (tertiary/aromatic N) is 3. The fourth-order valence-electron chi connectivity index (χ4n) is 1.27. The Labute approximate surface area is 112 Å². The first-order valence-electron chi connectivity index (χ1n) is 5.55. The molecule has 1 aromatic rings. The molecule has 1 rings (SSSR count). The van der Waals surface area contributed by atoms with Crippen LogP contribution in [0, 0.1) is 23.2 Å². The van der Waals surface area contributed by atoms with Gasteiger partial charge in [-0.3, -0.25) is 4.79 Å². The molecule has 19 heavy (non-hydrogen) atoms. The first kappa shape index (κ1) is 14.3. The maximum absolute atomic E-state index is 11.3. The number of hydrogen-bond acceptors (Lipinski definition) is 3. The van der Waals surface area contributed by atoms with Crippen LogP contribution in [0.4, 0.5) is 11.4 Å². The van der Waals surface area contributed by atoms with Crippen molar-refractivity contribution in [1.29, 1.82) is 5.26 Å². The van der Waals surface area contributed by atoms with Gasteiger partial charge in [-0.15, -0.1) is 0 Å². The largest absolute Gasteiger partial charge is 0.369 e. The second-order valence-electron chi connectivity index (χ2n) is 3.88. The third-order valence-corrected chi connectivity index (χ3v) is 2.04.